The fraction of sp³-hybridized carbons (Fsp3) is 0.467. The van der Waals surface area contributed by atoms with Crippen LogP contribution < -0.4 is 0 Å². The minimum atomic E-state index is -0.945. The Bertz CT molecular complexity index is 380. The zero-order chi connectivity index (χ0) is 14.1. The van der Waals surface area contributed by atoms with Crippen LogP contribution in [0.25, 0.3) is 0 Å². The van der Waals surface area contributed by atoms with Gasteiger partial charge in [-0.25, -0.2) is 0 Å². The minimum absolute atomic E-state index is 0.314. The average molecular weight is 264 g/mol. The highest BCUT2D eigenvalue weighted by Crippen LogP contribution is 2.20. The first-order valence-corrected chi connectivity index (χ1v) is 6.61. The fourth-order valence-corrected chi connectivity index (χ4v) is 1.54. The molecular weight excluding hydrogens is 244 g/mol. The number of hydrogen-bond donors (Lipinski definition) is 0. The smallest absolute Gasteiger partial charge is 0.309 e. The summed E-state index contributed by atoms with van der Waals surface area (Å²) in [6.07, 6.45) is 1.08. The van der Waals surface area contributed by atoms with Gasteiger partial charge in [-0.2, -0.15) is 0 Å². The van der Waals surface area contributed by atoms with E-state index in [0.717, 1.165) is 0 Å². The summed E-state index contributed by atoms with van der Waals surface area (Å²) in [5.74, 6) is -0.721. The van der Waals surface area contributed by atoms with Crippen molar-refractivity contribution < 1.29 is 19.1 Å². The molecule has 0 aromatic heterocycles. The normalized spacial score (nSPS) is 10.3. The Morgan fingerprint density at radius 1 is 0.947 bits per heavy atom. The van der Waals surface area contributed by atoms with E-state index in [1.165, 1.54) is 0 Å². The second-order valence-corrected chi connectivity index (χ2v) is 4.22. The molecule has 0 amide bonds. The highest BCUT2D eigenvalue weighted by Gasteiger charge is 2.20. The summed E-state index contributed by atoms with van der Waals surface area (Å²) < 4.78 is 10.4. The first kappa shape index (κ1) is 15.2. The first-order valence-electron chi connectivity index (χ1n) is 6.61. The number of esters is 2. The van der Waals surface area contributed by atoms with E-state index in [9.17, 15) is 9.59 Å². The Balaban J connectivity index is 2.73. The SMILES string of the molecule is CCCC(=O)OC(OC(=O)CCC)c1ccccc1. The van der Waals surface area contributed by atoms with Crippen molar-refractivity contribution in [2.24, 2.45) is 0 Å². The van der Waals surface area contributed by atoms with Crippen LogP contribution in [0.1, 0.15) is 51.4 Å². The van der Waals surface area contributed by atoms with Crippen LogP contribution in [0.3, 0.4) is 0 Å². The second-order valence-electron chi connectivity index (χ2n) is 4.22. The molecule has 0 aliphatic rings. The highest BCUT2D eigenvalue weighted by molar-refractivity contribution is 5.71. The summed E-state index contributed by atoms with van der Waals surface area (Å²) in [4.78, 5) is 23.1. The Morgan fingerprint density at radius 3 is 1.84 bits per heavy atom. The summed E-state index contributed by atoms with van der Waals surface area (Å²) in [6.45, 7) is 3.78. The van der Waals surface area contributed by atoms with Crippen molar-refractivity contribution in [1.29, 1.82) is 0 Å². The number of rotatable bonds is 7. The van der Waals surface area contributed by atoms with Crippen molar-refractivity contribution in [3.8, 4) is 0 Å². The molecule has 0 radical (unpaired) electrons. The van der Waals surface area contributed by atoms with Crippen LogP contribution in [0.15, 0.2) is 30.3 Å². The van der Waals surface area contributed by atoms with Crippen molar-refractivity contribution >= 4 is 11.9 Å². The molecule has 104 valence electrons. The van der Waals surface area contributed by atoms with Gasteiger partial charge in [0.1, 0.15) is 0 Å². The van der Waals surface area contributed by atoms with E-state index in [-0.39, 0.29) is 11.9 Å². The van der Waals surface area contributed by atoms with Crippen LogP contribution in [-0.4, -0.2) is 11.9 Å². The van der Waals surface area contributed by atoms with Gasteiger partial charge in [0.2, 0.25) is 0 Å². The van der Waals surface area contributed by atoms with E-state index in [1.54, 1.807) is 12.1 Å². The molecule has 4 nitrogen and oxygen atoms in total. The Kier molecular flexibility index (Phi) is 6.64. The van der Waals surface area contributed by atoms with E-state index in [4.69, 9.17) is 9.47 Å². The van der Waals surface area contributed by atoms with Gasteiger partial charge in [0.25, 0.3) is 6.29 Å². The lowest BCUT2D eigenvalue weighted by Crippen LogP contribution is -2.17. The number of benzene rings is 1. The number of ether oxygens (including phenoxy) is 2. The monoisotopic (exact) mass is 264 g/mol. The standard InChI is InChI=1S/C15H20O4/c1-3-8-13(16)18-15(19-14(17)9-4-2)12-10-6-5-7-11-12/h5-7,10-11,15H,3-4,8-9H2,1-2H3. The minimum Gasteiger partial charge on any atom is -0.421 e. The lowest BCUT2D eigenvalue weighted by atomic mass is 10.2. The van der Waals surface area contributed by atoms with Gasteiger partial charge < -0.3 is 9.47 Å². The zero-order valence-corrected chi connectivity index (χ0v) is 11.4. The summed E-state index contributed by atoms with van der Waals surface area (Å²) in [6, 6.07) is 9.00. The molecule has 1 rings (SSSR count). The first-order chi connectivity index (χ1) is 9.17. The third-order valence-electron chi connectivity index (χ3n) is 2.46. The summed E-state index contributed by atoms with van der Waals surface area (Å²) in [5, 5.41) is 0. The van der Waals surface area contributed by atoms with E-state index < -0.39 is 6.29 Å². The van der Waals surface area contributed by atoms with E-state index in [0.29, 0.717) is 31.2 Å². The lowest BCUT2D eigenvalue weighted by molar-refractivity contribution is -0.189. The molecule has 0 aliphatic carbocycles. The number of carbonyl (C=O) groups excluding carboxylic acids is 2. The van der Waals surface area contributed by atoms with Crippen LogP contribution >= 0.6 is 0 Å². The summed E-state index contributed by atoms with van der Waals surface area (Å²) in [5.41, 5.74) is 0.663. The van der Waals surface area contributed by atoms with Crippen LogP contribution in [0.4, 0.5) is 0 Å². The van der Waals surface area contributed by atoms with Crippen molar-refractivity contribution in [3.05, 3.63) is 35.9 Å². The van der Waals surface area contributed by atoms with Gasteiger partial charge >= 0.3 is 11.9 Å². The Morgan fingerprint density at radius 2 is 1.42 bits per heavy atom. The third kappa shape index (κ3) is 5.55. The summed E-state index contributed by atoms with van der Waals surface area (Å²) in [7, 11) is 0. The average Bonchev–Trinajstić information content (AvgIpc) is 2.39. The maximum atomic E-state index is 11.6. The van der Waals surface area contributed by atoms with Crippen molar-refractivity contribution in [3.63, 3.8) is 0 Å². The van der Waals surface area contributed by atoms with Crippen LogP contribution in [-0.2, 0) is 19.1 Å². The van der Waals surface area contributed by atoms with Gasteiger partial charge in [0, 0.05) is 18.4 Å². The molecule has 1 aromatic rings. The van der Waals surface area contributed by atoms with Crippen molar-refractivity contribution in [2.75, 3.05) is 0 Å². The second kappa shape index (κ2) is 8.29. The zero-order valence-electron chi connectivity index (χ0n) is 11.4. The van der Waals surface area contributed by atoms with Crippen LogP contribution in [0.5, 0.6) is 0 Å². The predicted molar refractivity (Wildman–Crippen MR) is 71.2 cm³/mol. The van der Waals surface area contributed by atoms with Gasteiger partial charge in [-0.1, -0.05) is 44.2 Å². The molecule has 0 heterocycles. The summed E-state index contributed by atoms with van der Waals surface area (Å²) >= 11 is 0. The topological polar surface area (TPSA) is 52.6 Å². The van der Waals surface area contributed by atoms with Gasteiger partial charge in [-0.05, 0) is 12.8 Å². The molecule has 0 unspecified atom stereocenters. The van der Waals surface area contributed by atoms with Gasteiger partial charge in [-0.3, -0.25) is 9.59 Å². The molecule has 0 saturated carbocycles. The van der Waals surface area contributed by atoms with E-state index >= 15 is 0 Å². The molecular formula is C15H20O4. The van der Waals surface area contributed by atoms with Gasteiger partial charge in [-0.15, -0.1) is 0 Å². The molecule has 1 aromatic carbocycles. The van der Waals surface area contributed by atoms with Gasteiger partial charge in [0.15, 0.2) is 0 Å². The highest BCUT2D eigenvalue weighted by atomic mass is 16.7. The largest absolute Gasteiger partial charge is 0.421 e. The third-order valence-corrected chi connectivity index (χ3v) is 2.46. The molecule has 0 atom stereocenters. The van der Waals surface area contributed by atoms with Crippen LogP contribution in [0, 0.1) is 0 Å². The maximum Gasteiger partial charge on any atom is 0.309 e. The molecule has 0 spiro atoms. The molecule has 0 N–H and O–H groups in total. The van der Waals surface area contributed by atoms with Crippen LogP contribution in [0.2, 0.25) is 0 Å². The molecule has 0 bridgehead atoms. The molecule has 0 saturated heterocycles. The van der Waals surface area contributed by atoms with Crippen molar-refractivity contribution in [2.45, 2.75) is 45.8 Å². The van der Waals surface area contributed by atoms with Crippen molar-refractivity contribution in [1.82, 2.24) is 0 Å². The quantitative estimate of drug-likeness (QED) is 0.559. The molecule has 0 fully saturated rings. The van der Waals surface area contributed by atoms with E-state index in [2.05, 4.69) is 0 Å². The Labute approximate surface area is 113 Å². The van der Waals surface area contributed by atoms with E-state index in [1.807, 2.05) is 32.0 Å². The number of hydrogen-bond acceptors (Lipinski definition) is 4. The number of carbonyl (C=O) groups is 2. The van der Waals surface area contributed by atoms with Gasteiger partial charge in [0.05, 0.1) is 0 Å². The fourth-order valence-electron chi connectivity index (χ4n) is 1.54. The lowest BCUT2D eigenvalue weighted by Gasteiger charge is -2.18. The Hall–Kier alpha value is -1.84. The maximum absolute atomic E-state index is 11.6. The molecule has 0 aliphatic heterocycles. The molecule has 4 heteroatoms. The predicted octanol–water partition coefficient (Wildman–Crippen LogP) is 3.37. The molecule has 19 heavy (non-hydrogen) atoms.